The summed E-state index contributed by atoms with van der Waals surface area (Å²) in [5, 5.41) is 10.8. The van der Waals surface area contributed by atoms with E-state index in [2.05, 4.69) is 29.9 Å². The molecule has 0 aliphatic carbocycles. The zero-order valence-electron chi connectivity index (χ0n) is 22.3. The maximum atomic E-state index is 13.5. The van der Waals surface area contributed by atoms with E-state index in [-0.39, 0.29) is 27.7 Å². The van der Waals surface area contributed by atoms with Crippen LogP contribution >= 0.6 is 0 Å². The van der Waals surface area contributed by atoms with Gasteiger partial charge in [0.2, 0.25) is 0 Å². The Morgan fingerprint density at radius 1 is 1.10 bits per heavy atom. The lowest BCUT2D eigenvalue weighted by atomic mass is 10.0. The van der Waals surface area contributed by atoms with Crippen LogP contribution in [0.4, 0.5) is 17.6 Å². The molecule has 0 saturated heterocycles. The molecule has 3 aromatic rings. The number of fused-ring (bicyclic) bond motifs is 1. The fourth-order valence-corrected chi connectivity index (χ4v) is 3.20. The summed E-state index contributed by atoms with van der Waals surface area (Å²) in [5.74, 6) is -2.59. The fraction of sp³-hybridized carbons (Fsp3) is 0.241. The van der Waals surface area contributed by atoms with E-state index >= 15 is 0 Å². The third-order valence-corrected chi connectivity index (χ3v) is 5.12. The van der Waals surface area contributed by atoms with Crippen molar-refractivity contribution in [2.75, 3.05) is 0 Å². The Balaban J connectivity index is 0.000000528. The van der Waals surface area contributed by atoms with E-state index < -0.39 is 35.1 Å². The molecule has 0 radical (unpaired) electrons. The van der Waals surface area contributed by atoms with Gasteiger partial charge < -0.3 is 11.1 Å². The number of aromatic nitrogens is 1. The van der Waals surface area contributed by atoms with Crippen molar-refractivity contribution in [3.63, 3.8) is 0 Å². The summed E-state index contributed by atoms with van der Waals surface area (Å²) in [4.78, 5) is 27.9. The first kappa shape index (κ1) is 32.5. The first-order valence-electron chi connectivity index (χ1n) is 11.9. The van der Waals surface area contributed by atoms with Crippen LogP contribution in [0.1, 0.15) is 66.6 Å². The van der Waals surface area contributed by atoms with Crippen molar-refractivity contribution < 1.29 is 27.2 Å². The van der Waals surface area contributed by atoms with Crippen LogP contribution in [0.5, 0.6) is 0 Å². The van der Waals surface area contributed by atoms with Gasteiger partial charge in [-0.3, -0.25) is 9.59 Å². The van der Waals surface area contributed by atoms with Crippen LogP contribution < -0.4 is 11.1 Å². The van der Waals surface area contributed by atoms with Crippen molar-refractivity contribution in [3.8, 4) is 6.07 Å². The Kier molecular flexibility index (Phi) is 12.0. The van der Waals surface area contributed by atoms with Crippen molar-refractivity contribution in [2.24, 2.45) is 5.73 Å². The molecule has 0 aliphatic rings. The molecule has 2 amide bonds. The predicted octanol–water partition coefficient (Wildman–Crippen LogP) is 6.76. The molecule has 1 aromatic heterocycles. The molecular formula is C29H30F4N4O2. The maximum Gasteiger partial charge on any atom is 0.417 e. The van der Waals surface area contributed by atoms with Crippen molar-refractivity contribution in [1.29, 1.82) is 5.26 Å². The monoisotopic (exact) mass is 542 g/mol. The van der Waals surface area contributed by atoms with Gasteiger partial charge in [-0.15, -0.1) is 0 Å². The second kappa shape index (κ2) is 14.4. The Morgan fingerprint density at radius 2 is 1.74 bits per heavy atom. The summed E-state index contributed by atoms with van der Waals surface area (Å²) in [5.41, 5.74) is 5.04. The second-order valence-electron chi connectivity index (χ2n) is 8.05. The zero-order chi connectivity index (χ0) is 29.9. The van der Waals surface area contributed by atoms with Gasteiger partial charge in [-0.25, -0.2) is 9.37 Å². The highest BCUT2D eigenvalue weighted by atomic mass is 19.4. The minimum Gasteiger partial charge on any atom is -0.364 e. The molecule has 39 heavy (non-hydrogen) atoms. The fourth-order valence-electron chi connectivity index (χ4n) is 3.20. The Bertz CT molecular complexity index is 1430. The molecule has 206 valence electrons. The van der Waals surface area contributed by atoms with E-state index in [9.17, 15) is 27.2 Å². The topological polar surface area (TPSA) is 109 Å². The van der Waals surface area contributed by atoms with Gasteiger partial charge in [0, 0.05) is 11.5 Å². The number of nitrogens with two attached hydrogens (primary N) is 1. The highest BCUT2D eigenvalue weighted by Crippen LogP contribution is 2.30. The third-order valence-electron chi connectivity index (χ3n) is 5.12. The van der Waals surface area contributed by atoms with E-state index in [4.69, 9.17) is 11.0 Å². The number of nitrogens with one attached hydrogen (secondary N) is 1. The van der Waals surface area contributed by atoms with Crippen molar-refractivity contribution in [2.45, 2.75) is 47.2 Å². The number of nitrogens with zero attached hydrogens (tertiary/aromatic N) is 2. The first-order chi connectivity index (χ1) is 18.3. The number of hydrogen-bond acceptors (Lipinski definition) is 4. The number of allylic oxidation sites excluding steroid dienone is 2. The quantitative estimate of drug-likeness (QED) is 0.274. The minimum atomic E-state index is -4.75. The van der Waals surface area contributed by atoms with Crippen LogP contribution in [0.2, 0.25) is 0 Å². The number of pyridine rings is 1. The number of rotatable bonds is 5. The number of primary amides is 1. The van der Waals surface area contributed by atoms with Crippen LogP contribution in [0, 0.1) is 17.1 Å². The Labute approximate surface area is 224 Å². The second-order valence-corrected chi connectivity index (χ2v) is 8.05. The molecule has 0 spiro atoms. The van der Waals surface area contributed by atoms with Gasteiger partial charge in [0.1, 0.15) is 11.5 Å². The highest BCUT2D eigenvalue weighted by molar-refractivity contribution is 6.09. The zero-order valence-corrected chi connectivity index (χ0v) is 22.3. The number of aryl methyl sites for hydroxylation is 1. The smallest absolute Gasteiger partial charge is 0.364 e. The first-order valence-corrected chi connectivity index (χ1v) is 11.9. The van der Waals surface area contributed by atoms with Crippen LogP contribution in [0.3, 0.4) is 0 Å². The van der Waals surface area contributed by atoms with Crippen molar-refractivity contribution in [3.05, 3.63) is 100 Å². The number of halogens is 4. The van der Waals surface area contributed by atoms with Gasteiger partial charge in [0.25, 0.3) is 11.8 Å². The Morgan fingerprint density at radius 3 is 2.26 bits per heavy atom. The third kappa shape index (κ3) is 9.07. The standard InChI is InChI=1S/C18H15F4N3O2.C9H9N.C2H6/c1-8(2)15(9(3)18(20,21)22)25-17(27)12-7-14(16(23)26)24-13-6-10(19)4-5-11(12)13;1-2-8-4-3-5-9(6-8)7-10;1-2/h4-7H,3H2,1-2H3,(H2,23,26)(H,25,27);3-6H,2H2,1H3;1-2H3. The van der Waals surface area contributed by atoms with Crippen LogP contribution in [0.15, 0.2) is 72.0 Å². The molecule has 0 atom stereocenters. The number of hydrogen-bond donors (Lipinski definition) is 2. The number of nitriles is 1. The molecule has 0 bridgehead atoms. The summed E-state index contributed by atoms with van der Waals surface area (Å²) in [6, 6.07) is 14.1. The van der Waals surface area contributed by atoms with Crippen LogP contribution in [-0.4, -0.2) is 23.0 Å². The lowest BCUT2D eigenvalue weighted by Crippen LogP contribution is -2.29. The summed E-state index contributed by atoms with van der Waals surface area (Å²) in [7, 11) is 0. The average Bonchev–Trinajstić information content (AvgIpc) is 2.91. The van der Waals surface area contributed by atoms with E-state index in [0.717, 1.165) is 30.2 Å². The van der Waals surface area contributed by atoms with Crippen LogP contribution in [-0.2, 0) is 6.42 Å². The number of benzene rings is 2. The van der Waals surface area contributed by atoms with Gasteiger partial charge in [-0.1, -0.05) is 45.1 Å². The molecule has 2 aromatic carbocycles. The number of carbonyl (C=O) groups is 2. The van der Waals surface area contributed by atoms with E-state index in [1.165, 1.54) is 25.5 Å². The molecule has 3 N–H and O–H groups in total. The molecule has 0 unspecified atom stereocenters. The Hall–Kier alpha value is -4.52. The van der Waals surface area contributed by atoms with Gasteiger partial charge in [0.05, 0.1) is 34.0 Å². The molecule has 10 heteroatoms. The SMILES string of the molecule is C=C(C(NC(=O)c1cc(C(N)=O)nc2cc(F)ccc12)=C(C)C)C(F)(F)F.CC.CCc1cccc(C#N)c1. The number of amides is 2. The van der Waals surface area contributed by atoms with E-state index in [1.54, 1.807) is 0 Å². The molecule has 1 heterocycles. The maximum absolute atomic E-state index is 13.5. The van der Waals surface area contributed by atoms with Gasteiger partial charge >= 0.3 is 6.18 Å². The molecule has 0 saturated carbocycles. The summed E-state index contributed by atoms with van der Waals surface area (Å²) in [6.45, 7) is 11.8. The molecular weight excluding hydrogens is 512 g/mol. The molecule has 3 rings (SSSR count). The molecule has 6 nitrogen and oxygen atoms in total. The van der Waals surface area contributed by atoms with Crippen molar-refractivity contribution >= 4 is 22.7 Å². The van der Waals surface area contributed by atoms with Gasteiger partial charge in [-0.05, 0) is 56.2 Å². The summed E-state index contributed by atoms with van der Waals surface area (Å²) >= 11 is 0. The summed E-state index contributed by atoms with van der Waals surface area (Å²) < 4.78 is 52.4. The molecule has 0 aliphatic heterocycles. The van der Waals surface area contributed by atoms with Crippen molar-refractivity contribution in [1.82, 2.24) is 10.3 Å². The van der Waals surface area contributed by atoms with Gasteiger partial charge in [0.15, 0.2) is 0 Å². The largest absolute Gasteiger partial charge is 0.417 e. The van der Waals surface area contributed by atoms with Crippen LogP contribution in [0.25, 0.3) is 10.9 Å². The highest BCUT2D eigenvalue weighted by Gasteiger charge is 2.35. The normalized spacial score (nSPS) is 10.2. The lowest BCUT2D eigenvalue weighted by molar-refractivity contribution is -0.0894. The number of alkyl halides is 3. The lowest BCUT2D eigenvalue weighted by Gasteiger charge is -2.17. The number of carbonyl (C=O) groups excluding carboxylic acids is 2. The average molecular weight is 543 g/mol. The van der Waals surface area contributed by atoms with E-state index in [1.807, 2.05) is 38.1 Å². The predicted molar refractivity (Wildman–Crippen MR) is 143 cm³/mol. The molecule has 0 fully saturated rings. The summed E-state index contributed by atoms with van der Waals surface area (Å²) in [6.07, 6.45) is -3.75. The minimum absolute atomic E-state index is 0.0372. The van der Waals surface area contributed by atoms with E-state index in [0.29, 0.717) is 0 Å². The van der Waals surface area contributed by atoms with Gasteiger partial charge in [-0.2, -0.15) is 18.4 Å².